The fraction of sp³-hybridized carbons (Fsp3) is 0.304. The monoisotopic (exact) mass is 316 g/mol. The first-order chi connectivity index (χ1) is 11.3. The van der Waals surface area contributed by atoms with Crippen molar-refractivity contribution in [1.29, 1.82) is 0 Å². The van der Waals surface area contributed by atoms with E-state index in [2.05, 4.69) is 89.2 Å². The molecule has 0 N–H and O–H groups in total. The van der Waals surface area contributed by atoms with E-state index in [4.69, 9.17) is 4.74 Å². The summed E-state index contributed by atoms with van der Waals surface area (Å²) >= 11 is 0. The summed E-state index contributed by atoms with van der Waals surface area (Å²) in [6, 6.07) is 19.9. The fourth-order valence-corrected chi connectivity index (χ4v) is 4.08. The molecule has 24 heavy (non-hydrogen) atoms. The predicted octanol–water partition coefficient (Wildman–Crippen LogP) is 6.63. The van der Waals surface area contributed by atoms with Crippen LogP contribution < -0.4 is 0 Å². The Bertz CT molecular complexity index is 1030. The summed E-state index contributed by atoms with van der Waals surface area (Å²) in [6.45, 7) is 10.7. The van der Waals surface area contributed by atoms with Crippen LogP contribution in [0.15, 0.2) is 54.6 Å². The molecule has 1 heteroatoms. The quantitative estimate of drug-likeness (QED) is 0.377. The van der Waals surface area contributed by atoms with Crippen molar-refractivity contribution in [2.24, 2.45) is 0 Å². The lowest BCUT2D eigenvalue weighted by Gasteiger charge is -2.35. The number of rotatable bonds is 2. The van der Waals surface area contributed by atoms with Gasteiger partial charge in [0, 0.05) is 0 Å². The molecule has 0 aliphatic rings. The van der Waals surface area contributed by atoms with E-state index < -0.39 is 0 Å². The molecule has 0 aliphatic carbocycles. The van der Waals surface area contributed by atoms with Crippen LogP contribution in [0.2, 0.25) is 0 Å². The van der Waals surface area contributed by atoms with E-state index in [1.807, 2.05) is 0 Å². The van der Waals surface area contributed by atoms with Gasteiger partial charge in [-0.1, -0.05) is 48.5 Å². The molecule has 0 saturated carbocycles. The molecule has 0 aromatic heterocycles. The van der Waals surface area contributed by atoms with E-state index in [1.165, 1.54) is 37.9 Å². The van der Waals surface area contributed by atoms with Gasteiger partial charge in [0.05, 0.1) is 11.2 Å². The molecule has 0 aliphatic heterocycles. The van der Waals surface area contributed by atoms with E-state index >= 15 is 0 Å². The van der Waals surface area contributed by atoms with Gasteiger partial charge in [-0.25, -0.2) is 0 Å². The topological polar surface area (TPSA) is 9.23 Å². The van der Waals surface area contributed by atoms with Gasteiger partial charge in [0.2, 0.25) is 0 Å². The van der Waals surface area contributed by atoms with Gasteiger partial charge in [-0.3, -0.25) is 0 Å². The summed E-state index contributed by atoms with van der Waals surface area (Å²) in [5, 5.41) is 7.90. The highest BCUT2D eigenvalue weighted by molar-refractivity contribution is 6.23. The molecular formula is C23H24O. The zero-order chi connectivity index (χ0) is 17.1. The van der Waals surface area contributed by atoms with E-state index in [0.717, 1.165) is 0 Å². The van der Waals surface area contributed by atoms with Crippen molar-refractivity contribution in [2.75, 3.05) is 0 Å². The van der Waals surface area contributed by atoms with Crippen molar-refractivity contribution in [3.8, 4) is 0 Å². The third kappa shape index (κ3) is 2.35. The minimum Gasteiger partial charge on any atom is -0.365 e. The minimum atomic E-state index is -0.359. The highest BCUT2D eigenvalue weighted by Crippen LogP contribution is 2.41. The highest BCUT2D eigenvalue weighted by atomic mass is 16.5. The van der Waals surface area contributed by atoms with Crippen LogP contribution in [0, 0.1) is 0 Å². The molecule has 0 atom stereocenters. The van der Waals surface area contributed by atoms with E-state index in [-0.39, 0.29) is 11.2 Å². The lowest BCUT2D eigenvalue weighted by Crippen LogP contribution is -2.33. The maximum absolute atomic E-state index is 6.44. The van der Waals surface area contributed by atoms with Crippen molar-refractivity contribution < 1.29 is 4.74 Å². The van der Waals surface area contributed by atoms with Crippen molar-refractivity contribution in [3.63, 3.8) is 0 Å². The van der Waals surface area contributed by atoms with Gasteiger partial charge < -0.3 is 4.74 Å². The van der Waals surface area contributed by atoms with Gasteiger partial charge in [-0.15, -0.1) is 0 Å². The molecule has 0 amide bonds. The SMILES string of the molecule is CC(C)(C)OC(C)(C)c1cc2cccc3ccc4cccc1c4c32. The average Bonchev–Trinajstić information content (AvgIpc) is 2.50. The van der Waals surface area contributed by atoms with Gasteiger partial charge in [-0.2, -0.15) is 0 Å². The van der Waals surface area contributed by atoms with Crippen molar-refractivity contribution >= 4 is 32.3 Å². The summed E-state index contributed by atoms with van der Waals surface area (Å²) < 4.78 is 6.44. The Morgan fingerprint density at radius 1 is 0.667 bits per heavy atom. The second-order valence-electron chi connectivity index (χ2n) is 8.20. The molecule has 1 nitrogen and oxygen atoms in total. The smallest absolute Gasteiger partial charge is 0.0888 e. The van der Waals surface area contributed by atoms with Crippen LogP contribution in [-0.2, 0) is 10.3 Å². The predicted molar refractivity (Wildman–Crippen MR) is 104 cm³/mol. The van der Waals surface area contributed by atoms with Crippen LogP contribution in [0.3, 0.4) is 0 Å². The highest BCUT2D eigenvalue weighted by Gasteiger charge is 2.30. The summed E-state index contributed by atoms with van der Waals surface area (Å²) in [7, 11) is 0. The van der Waals surface area contributed by atoms with Crippen LogP contribution in [0.4, 0.5) is 0 Å². The fourth-order valence-electron chi connectivity index (χ4n) is 4.08. The van der Waals surface area contributed by atoms with Gasteiger partial charge in [0.1, 0.15) is 0 Å². The summed E-state index contributed by atoms with van der Waals surface area (Å²) in [5.74, 6) is 0. The third-order valence-corrected chi connectivity index (χ3v) is 4.72. The summed E-state index contributed by atoms with van der Waals surface area (Å²) in [5.41, 5.74) is 0.706. The van der Waals surface area contributed by atoms with Crippen molar-refractivity contribution in [3.05, 3.63) is 60.2 Å². The van der Waals surface area contributed by atoms with E-state index in [1.54, 1.807) is 0 Å². The van der Waals surface area contributed by atoms with Crippen molar-refractivity contribution in [2.45, 2.75) is 45.8 Å². The number of benzene rings is 4. The van der Waals surface area contributed by atoms with Gasteiger partial charge >= 0.3 is 0 Å². The minimum absolute atomic E-state index is 0.193. The molecular weight excluding hydrogens is 292 g/mol. The van der Waals surface area contributed by atoms with Crippen LogP contribution in [-0.4, -0.2) is 5.60 Å². The largest absolute Gasteiger partial charge is 0.365 e. The Morgan fingerprint density at radius 2 is 1.25 bits per heavy atom. The molecule has 0 radical (unpaired) electrons. The number of hydrogen-bond donors (Lipinski definition) is 0. The molecule has 122 valence electrons. The molecule has 0 spiro atoms. The normalized spacial score (nSPS) is 13.4. The van der Waals surface area contributed by atoms with Gasteiger partial charge in [0.25, 0.3) is 0 Å². The molecule has 0 fully saturated rings. The first-order valence-corrected chi connectivity index (χ1v) is 8.63. The Balaban J connectivity index is 2.13. The third-order valence-electron chi connectivity index (χ3n) is 4.72. The molecule has 0 unspecified atom stereocenters. The standard InChI is InChI=1S/C23H24O/c1-22(2,3)24-23(4,5)19-14-17-10-6-8-15-12-13-16-9-7-11-18(19)21(16)20(15)17/h6-14H,1-5H3. The number of ether oxygens (including phenoxy) is 1. The molecule has 0 heterocycles. The van der Waals surface area contributed by atoms with Crippen LogP contribution in [0.5, 0.6) is 0 Å². The zero-order valence-corrected chi connectivity index (χ0v) is 15.1. The van der Waals surface area contributed by atoms with Gasteiger partial charge in [0.15, 0.2) is 0 Å². The first kappa shape index (κ1) is 15.4. The molecule has 0 saturated heterocycles. The average molecular weight is 316 g/mol. The van der Waals surface area contributed by atoms with Crippen LogP contribution >= 0.6 is 0 Å². The second-order valence-corrected chi connectivity index (χ2v) is 8.20. The van der Waals surface area contributed by atoms with E-state index in [0.29, 0.717) is 0 Å². The summed E-state index contributed by atoms with van der Waals surface area (Å²) in [6.07, 6.45) is 0. The maximum Gasteiger partial charge on any atom is 0.0888 e. The van der Waals surface area contributed by atoms with Crippen molar-refractivity contribution in [1.82, 2.24) is 0 Å². The van der Waals surface area contributed by atoms with Crippen LogP contribution in [0.1, 0.15) is 40.2 Å². The molecule has 4 aromatic carbocycles. The second kappa shape index (κ2) is 4.94. The van der Waals surface area contributed by atoms with Gasteiger partial charge in [-0.05, 0) is 78.6 Å². The lowest BCUT2D eigenvalue weighted by atomic mass is 9.85. The Kier molecular flexibility index (Phi) is 3.17. The molecule has 4 aromatic rings. The summed E-state index contributed by atoms with van der Waals surface area (Å²) in [4.78, 5) is 0. The Labute approximate surface area is 143 Å². The van der Waals surface area contributed by atoms with E-state index in [9.17, 15) is 0 Å². The lowest BCUT2D eigenvalue weighted by molar-refractivity contribution is -0.116. The Hall–Kier alpha value is -2.12. The Morgan fingerprint density at radius 3 is 1.92 bits per heavy atom. The number of hydrogen-bond acceptors (Lipinski definition) is 1. The van der Waals surface area contributed by atoms with Crippen LogP contribution in [0.25, 0.3) is 32.3 Å². The zero-order valence-electron chi connectivity index (χ0n) is 15.1. The maximum atomic E-state index is 6.44. The molecule has 4 rings (SSSR count). The molecule has 0 bridgehead atoms. The first-order valence-electron chi connectivity index (χ1n) is 8.63.